The van der Waals surface area contributed by atoms with Gasteiger partial charge in [-0.2, -0.15) is 5.10 Å². The molecule has 6 nitrogen and oxygen atoms in total. The van der Waals surface area contributed by atoms with Crippen molar-refractivity contribution in [1.29, 1.82) is 0 Å². The molecule has 1 amide bonds. The Balaban J connectivity index is 1.67. The van der Waals surface area contributed by atoms with Crippen molar-refractivity contribution in [1.82, 2.24) is 24.6 Å². The summed E-state index contributed by atoms with van der Waals surface area (Å²) in [6, 6.07) is 10.0. The fourth-order valence-corrected chi connectivity index (χ4v) is 2.48. The summed E-state index contributed by atoms with van der Waals surface area (Å²) in [7, 11) is 1.79. The largest absolute Gasteiger partial charge is 0.350 e. The van der Waals surface area contributed by atoms with E-state index in [1.54, 1.807) is 24.1 Å². The molecule has 0 bridgehead atoms. The zero-order chi connectivity index (χ0) is 16.2. The van der Waals surface area contributed by atoms with E-state index in [4.69, 9.17) is 0 Å². The molecule has 23 heavy (non-hydrogen) atoms. The first-order chi connectivity index (χ1) is 11.1. The second kappa shape index (κ2) is 6.48. The zero-order valence-corrected chi connectivity index (χ0v) is 13.2. The fourth-order valence-electron chi connectivity index (χ4n) is 2.48. The van der Waals surface area contributed by atoms with E-state index in [9.17, 15) is 4.79 Å². The van der Waals surface area contributed by atoms with E-state index in [0.717, 1.165) is 17.1 Å². The summed E-state index contributed by atoms with van der Waals surface area (Å²) in [6.07, 6.45) is 5.12. The number of hydrogen-bond acceptors (Lipinski definition) is 3. The second-order valence-corrected chi connectivity index (χ2v) is 5.40. The molecule has 6 heteroatoms. The lowest BCUT2D eigenvalue weighted by Gasteiger charge is -2.11. The number of hydrogen-bond donors (Lipinski definition) is 1. The number of carbonyl (C=O) groups excluding carboxylic acids is 1. The van der Waals surface area contributed by atoms with Gasteiger partial charge in [-0.25, -0.2) is 4.98 Å². The van der Waals surface area contributed by atoms with E-state index < -0.39 is 0 Å². The van der Waals surface area contributed by atoms with E-state index in [1.807, 2.05) is 43.5 Å². The van der Waals surface area contributed by atoms with Gasteiger partial charge in [0.1, 0.15) is 5.82 Å². The van der Waals surface area contributed by atoms with Gasteiger partial charge in [0.05, 0.1) is 11.8 Å². The zero-order valence-electron chi connectivity index (χ0n) is 13.2. The molecule has 0 radical (unpaired) electrons. The maximum absolute atomic E-state index is 12.0. The molecule has 3 rings (SSSR count). The van der Waals surface area contributed by atoms with Crippen LogP contribution in [0.2, 0.25) is 0 Å². The van der Waals surface area contributed by atoms with Gasteiger partial charge < -0.3 is 9.88 Å². The maximum Gasteiger partial charge on any atom is 0.254 e. The highest BCUT2D eigenvalue weighted by atomic mass is 16.1. The first-order valence-electron chi connectivity index (χ1n) is 7.49. The number of aromatic nitrogens is 4. The van der Waals surface area contributed by atoms with Crippen LogP contribution < -0.4 is 5.32 Å². The summed E-state index contributed by atoms with van der Waals surface area (Å²) in [4.78, 5) is 16.5. The van der Waals surface area contributed by atoms with Gasteiger partial charge in [0.2, 0.25) is 0 Å². The van der Waals surface area contributed by atoms with Crippen LogP contribution in [0.4, 0.5) is 0 Å². The predicted octanol–water partition coefficient (Wildman–Crippen LogP) is 2.02. The van der Waals surface area contributed by atoms with Gasteiger partial charge >= 0.3 is 0 Å². The van der Waals surface area contributed by atoms with Crippen molar-refractivity contribution in [2.24, 2.45) is 7.05 Å². The Labute approximate surface area is 134 Å². The Kier molecular flexibility index (Phi) is 4.23. The second-order valence-electron chi connectivity index (χ2n) is 5.40. The van der Waals surface area contributed by atoms with Crippen LogP contribution in [0, 0.1) is 6.92 Å². The molecule has 1 N–H and O–H groups in total. The minimum absolute atomic E-state index is 0.114. The number of nitrogens with zero attached hydrogens (tertiary/aromatic N) is 4. The number of imidazole rings is 1. The molecule has 0 atom stereocenters. The highest BCUT2D eigenvalue weighted by Gasteiger charge is 2.10. The van der Waals surface area contributed by atoms with E-state index >= 15 is 0 Å². The van der Waals surface area contributed by atoms with Crippen LogP contribution in [0.1, 0.15) is 16.1 Å². The number of aryl methyl sites for hydroxylation is 2. The molecular weight excluding hydrogens is 290 g/mol. The Bertz CT molecular complexity index is 804. The number of amides is 1. The summed E-state index contributed by atoms with van der Waals surface area (Å²) in [5, 5.41) is 6.92. The van der Waals surface area contributed by atoms with Crippen molar-refractivity contribution < 1.29 is 4.79 Å². The standard InChI is InChI=1S/C17H19N5O/c1-13-10-19-16(14-6-4-3-5-7-14)22(13)9-8-18-17(23)15-11-20-21(2)12-15/h3-7,10-12H,8-9H2,1-2H3,(H,18,23). The summed E-state index contributed by atoms with van der Waals surface area (Å²) >= 11 is 0. The monoisotopic (exact) mass is 309 g/mol. The fraction of sp³-hybridized carbons (Fsp3) is 0.235. The van der Waals surface area contributed by atoms with Gasteiger partial charge in [0, 0.05) is 43.8 Å². The van der Waals surface area contributed by atoms with Crippen LogP contribution in [0.5, 0.6) is 0 Å². The summed E-state index contributed by atoms with van der Waals surface area (Å²) in [5.74, 6) is 0.802. The minimum Gasteiger partial charge on any atom is -0.350 e. The minimum atomic E-state index is -0.114. The Morgan fingerprint density at radius 1 is 1.22 bits per heavy atom. The lowest BCUT2D eigenvalue weighted by molar-refractivity contribution is 0.0952. The van der Waals surface area contributed by atoms with E-state index in [1.165, 1.54) is 0 Å². The van der Waals surface area contributed by atoms with Crippen LogP contribution in [0.3, 0.4) is 0 Å². The summed E-state index contributed by atoms with van der Waals surface area (Å²) in [5.41, 5.74) is 2.71. The Hall–Kier alpha value is -2.89. The number of carbonyl (C=O) groups is 1. The van der Waals surface area contributed by atoms with E-state index in [2.05, 4.69) is 20.0 Å². The van der Waals surface area contributed by atoms with Crippen molar-refractivity contribution in [3.63, 3.8) is 0 Å². The molecule has 2 heterocycles. The highest BCUT2D eigenvalue weighted by molar-refractivity contribution is 5.93. The van der Waals surface area contributed by atoms with E-state index in [0.29, 0.717) is 18.7 Å². The molecule has 0 aliphatic heterocycles. The molecule has 1 aromatic carbocycles. The molecule has 0 aliphatic carbocycles. The lowest BCUT2D eigenvalue weighted by atomic mass is 10.2. The van der Waals surface area contributed by atoms with E-state index in [-0.39, 0.29) is 5.91 Å². The van der Waals surface area contributed by atoms with Crippen molar-refractivity contribution in [3.8, 4) is 11.4 Å². The van der Waals surface area contributed by atoms with Crippen LogP contribution in [0.15, 0.2) is 48.9 Å². The molecule has 0 unspecified atom stereocenters. The average molecular weight is 309 g/mol. The molecule has 0 aliphatic rings. The van der Waals surface area contributed by atoms with Crippen LogP contribution in [-0.4, -0.2) is 31.8 Å². The number of rotatable bonds is 5. The van der Waals surface area contributed by atoms with Crippen LogP contribution in [-0.2, 0) is 13.6 Å². The molecule has 118 valence electrons. The van der Waals surface area contributed by atoms with Crippen molar-refractivity contribution in [2.75, 3.05) is 6.54 Å². The first-order valence-corrected chi connectivity index (χ1v) is 7.49. The Morgan fingerprint density at radius 2 is 2.00 bits per heavy atom. The van der Waals surface area contributed by atoms with Crippen molar-refractivity contribution in [2.45, 2.75) is 13.5 Å². The van der Waals surface area contributed by atoms with Gasteiger partial charge in [-0.05, 0) is 6.92 Å². The number of nitrogens with one attached hydrogen (secondary N) is 1. The molecule has 2 aromatic heterocycles. The van der Waals surface area contributed by atoms with Crippen molar-refractivity contribution >= 4 is 5.91 Å². The summed E-state index contributed by atoms with van der Waals surface area (Å²) in [6.45, 7) is 3.22. The van der Waals surface area contributed by atoms with Gasteiger partial charge in [-0.1, -0.05) is 30.3 Å². The molecule has 0 saturated heterocycles. The quantitative estimate of drug-likeness (QED) is 0.784. The van der Waals surface area contributed by atoms with Crippen LogP contribution in [0.25, 0.3) is 11.4 Å². The average Bonchev–Trinajstić information content (AvgIpc) is 3.15. The molecule has 0 spiro atoms. The molecule has 3 aromatic rings. The highest BCUT2D eigenvalue weighted by Crippen LogP contribution is 2.18. The molecule has 0 fully saturated rings. The maximum atomic E-state index is 12.0. The molecular formula is C17H19N5O. The smallest absolute Gasteiger partial charge is 0.254 e. The normalized spacial score (nSPS) is 10.7. The number of benzene rings is 1. The Morgan fingerprint density at radius 3 is 2.70 bits per heavy atom. The summed E-state index contributed by atoms with van der Waals surface area (Å²) < 4.78 is 3.72. The first kappa shape index (κ1) is 15.0. The lowest BCUT2D eigenvalue weighted by Crippen LogP contribution is -2.27. The van der Waals surface area contributed by atoms with Crippen LogP contribution >= 0.6 is 0 Å². The topological polar surface area (TPSA) is 64.7 Å². The SMILES string of the molecule is Cc1cnc(-c2ccccc2)n1CCNC(=O)c1cnn(C)c1. The van der Waals surface area contributed by atoms with Crippen molar-refractivity contribution in [3.05, 3.63) is 60.2 Å². The van der Waals surface area contributed by atoms with Gasteiger partial charge in [-0.15, -0.1) is 0 Å². The van der Waals surface area contributed by atoms with Gasteiger partial charge in [0.15, 0.2) is 0 Å². The van der Waals surface area contributed by atoms with Gasteiger partial charge in [-0.3, -0.25) is 9.48 Å². The third-order valence-electron chi connectivity index (χ3n) is 3.68. The molecule has 0 saturated carbocycles. The third-order valence-corrected chi connectivity index (χ3v) is 3.68. The third kappa shape index (κ3) is 3.31. The van der Waals surface area contributed by atoms with Gasteiger partial charge in [0.25, 0.3) is 5.91 Å². The predicted molar refractivity (Wildman–Crippen MR) is 87.9 cm³/mol.